The first-order valence-electron chi connectivity index (χ1n) is 6.44. The molecule has 0 atom stereocenters. The Morgan fingerprint density at radius 3 is 2.76 bits per heavy atom. The minimum atomic E-state index is -0.494. The predicted molar refractivity (Wildman–Crippen MR) is 75.5 cm³/mol. The Hall–Kier alpha value is -2.68. The highest BCUT2D eigenvalue weighted by atomic mass is 16.6. The van der Waals surface area contributed by atoms with E-state index >= 15 is 0 Å². The van der Waals surface area contributed by atoms with Crippen LogP contribution in [0.4, 0.5) is 17.3 Å². The van der Waals surface area contributed by atoms with Crippen LogP contribution in [0.1, 0.15) is 0 Å². The Kier molecular flexibility index (Phi) is 3.40. The second-order valence-corrected chi connectivity index (χ2v) is 4.56. The zero-order chi connectivity index (χ0) is 14.8. The number of nitro groups is 1. The van der Waals surface area contributed by atoms with Crippen LogP contribution in [0, 0.1) is 10.1 Å². The zero-order valence-electron chi connectivity index (χ0n) is 11.2. The van der Waals surface area contributed by atoms with E-state index in [1.807, 2.05) is 4.90 Å². The highest BCUT2D eigenvalue weighted by Gasteiger charge is 2.21. The Balaban J connectivity index is 2.06. The molecule has 21 heavy (non-hydrogen) atoms. The Morgan fingerprint density at radius 2 is 2.14 bits per heavy atom. The van der Waals surface area contributed by atoms with Crippen molar-refractivity contribution >= 4 is 17.3 Å². The number of hydrogen-bond acceptors (Lipinski definition) is 7. The molecule has 110 valence electrons. The van der Waals surface area contributed by atoms with Gasteiger partial charge in [-0.25, -0.2) is 9.67 Å². The van der Waals surface area contributed by atoms with Crippen LogP contribution in [0.15, 0.2) is 24.5 Å². The molecular formula is C12H14N6O3. The Bertz CT molecular complexity index is 665. The van der Waals surface area contributed by atoms with Gasteiger partial charge in [0.05, 0.1) is 24.3 Å². The maximum absolute atomic E-state index is 11.2. The summed E-state index contributed by atoms with van der Waals surface area (Å²) in [7, 11) is 0. The van der Waals surface area contributed by atoms with Crippen molar-refractivity contribution in [1.29, 1.82) is 0 Å². The van der Waals surface area contributed by atoms with Gasteiger partial charge in [-0.05, 0) is 0 Å². The van der Waals surface area contributed by atoms with E-state index in [9.17, 15) is 10.1 Å². The summed E-state index contributed by atoms with van der Waals surface area (Å²) in [5, 5.41) is 15.2. The molecule has 0 spiro atoms. The third kappa shape index (κ3) is 2.50. The molecule has 0 saturated carbocycles. The summed E-state index contributed by atoms with van der Waals surface area (Å²) in [5.41, 5.74) is 5.96. The first kappa shape index (κ1) is 13.3. The van der Waals surface area contributed by atoms with Crippen molar-refractivity contribution < 1.29 is 9.66 Å². The SMILES string of the molecule is Nc1ccnn1-c1cc(N2CCOCC2)ncc1[N+](=O)[O-]. The Morgan fingerprint density at radius 1 is 1.38 bits per heavy atom. The average Bonchev–Trinajstić information content (AvgIpc) is 2.93. The van der Waals surface area contributed by atoms with Crippen LogP contribution in [0.2, 0.25) is 0 Å². The van der Waals surface area contributed by atoms with Gasteiger partial charge < -0.3 is 15.4 Å². The van der Waals surface area contributed by atoms with Gasteiger partial charge in [-0.3, -0.25) is 10.1 Å². The molecule has 9 heteroatoms. The van der Waals surface area contributed by atoms with E-state index in [4.69, 9.17) is 10.5 Å². The first-order valence-corrected chi connectivity index (χ1v) is 6.44. The molecule has 2 aromatic heterocycles. The molecule has 1 saturated heterocycles. The lowest BCUT2D eigenvalue weighted by molar-refractivity contribution is -0.384. The van der Waals surface area contributed by atoms with Crippen molar-refractivity contribution in [2.45, 2.75) is 0 Å². The number of nitrogens with zero attached hydrogens (tertiary/aromatic N) is 5. The van der Waals surface area contributed by atoms with Crippen LogP contribution >= 0.6 is 0 Å². The smallest absolute Gasteiger partial charge is 0.313 e. The Labute approximate surface area is 120 Å². The van der Waals surface area contributed by atoms with Gasteiger partial charge in [0.25, 0.3) is 0 Å². The number of rotatable bonds is 3. The van der Waals surface area contributed by atoms with Gasteiger partial charge >= 0.3 is 5.69 Å². The number of aromatic nitrogens is 3. The third-order valence-corrected chi connectivity index (χ3v) is 3.28. The van der Waals surface area contributed by atoms with Gasteiger partial charge in [0.15, 0.2) is 0 Å². The van der Waals surface area contributed by atoms with Crippen LogP contribution in [-0.2, 0) is 4.74 Å². The number of morpholine rings is 1. The van der Waals surface area contributed by atoms with Crippen LogP contribution < -0.4 is 10.6 Å². The molecule has 0 amide bonds. The van der Waals surface area contributed by atoms with Crippen LogP contribution in [0.5, 0.6) is 0 Å². The molecule has 1 aliphatic heterocycles. The molecule has 3 rings (SSSR count). The summed E-state index contributed by atoms with van der Waals surface area (Å²) < 4.78 is 6.63. The lowest BCUT2D eigenvalue weighted by atomic mass is 10.3. The molecule has 0 radical (unpaired) electrons. The highest BCUT2D eigenvalue weighted by molar-refractivity contribution is 5.60. The summed E-state index contributed by atoms with van der Waals surface area (Å²) in [6.07, 6.45) is 2.73. The molecule has 1 fully saturated rings. The van der Waals surface area contributed by atoms with E-state index in [1.54, 1.807) is 12.1 Å². The molecule has 9 nitrogen and oxygen atoms in total. The van der Waals surface area contributed by atoms with Gasteiger partial charge in [-0.1, -0.05) is 0 Å². The van der Waals surface area contributed by atoms with E-state index in [0.717, 1.165) is 0 Å². The minimum absolute atomic E-state index is 0.137. The van der Waals surface area contributed by atoms with Crippen LogP contribution in [0.3, 0.4) is 0 Å². The summed E-state index contributed by atoms with van der Waals surface area (Å²) in [6.45, 7) is 2.60. The number of anilines is 2. The topological polar surface area (TPSA) is 112 Å². The maximum atomic E-state index is 11.2. The molecule has 0 aromatic carbocycles. The van der Waals surface area contributed by atoms with Crippen molar-refractivity contribution in [2.24, 2.45) is 0 Å². The second-order valence-electron chi connectivity index (χ2n) is 4.56. The van der Waals surface area contributed by atoms with Crippen molar-refractivity contribution in [1.82, 2.24) is 14.8 Å². The summed E-state index contributed by atoms with van der Waals surface area (Å²) in [5.74, 6) is 0.978. The minimum Gasteiger partial charge on any atom is -0.384 e. The van der Waals surface area contributed by atoms with Crippen molar-refractivity contribution in [3.05, 3.63) is 34.6 Å². The van der Waals surface area contributed by atoms with Crippen LogP contribution in [-0.4, -0.2) is 46.0 Å². The molecule has 1 aliphatic rings. The van der Waals surface area contributed by atoms with Crippen molar-refractivity contribution in [3.8, 4) is 5.69 Å². The van der Waals surface area contributed by atoms with Gasteiger partial charge in [-0.2, -0.15) is 5.10 Å². The van der Waals surface area contributed by atoms with E-state index < -0.39 is 4.92 Å². The maximum Gasteiger partial charge on any atom is 0.313 e. The number of hydrogen-bond donors (Lipinski definition) is 1. The fraction of sp³-hybridized carbons (Fsp3) is 0.333. The third-order valence-electron chi connectivity index (χ3n) is 3.28. The summed E-state index contributed by atoms with van der Waals surface area (Å²) in [6, 6.07) is 3.21. The van der Waals surface area contributed by atoms with Gasteiger partial charge in [0.2, 0.25) is 0 Å². The largest absolute Gasteiger partial charge is 0.384 e. The highest BCUT2D eigenvalue weighted by Crippen LogP contribution is 2.27. The first-order chi connectivity index (χ1) is 10.2. The lowest BCUT2D eigenvalue weighted by Crippen LogP contribution is -2.36. The second kappa shape index (κ2) is 5.37. The molecular weight excluding hydrogens is 276 g/mol. The molecule has 2 aromatic rings. The fourth-order valence-corrected chi connectivity index (χ4v) is 2.22. The molecule has 0 bridgehead atoms. The molecule has 0 aliphatic carbocycles. The molecule has 0 unspecified atom stereocenters. The summed E-state index contributed by atoms with van der Waals surface area (Å²) in [4.78, 5) is 16.9. The van der Waals surface area contributed by atoms with E-state index in [2.05, 4.69) is 10.1 Å². The normalized spacial score (nSPS) is 15.1. The number of ether oxygens (including phenoxy) is 1. The number of pyridine rings is 1. The number of nitrogens with two attached hydrogens (primary N) is 1. The number of nitrogen functional groups attached to an aromatic ring is 1. The van der Waals surface area contributed by atoms with Crippen molar-refractivity contribution in [3.63, 3.8) is 0 Å². The van der Waals surface area contributed by atoms with Crippen molar-refractivity contribution in [2.75, 3.05) is 36.9 Å². The lowest BCUT2D eigenvalue weighted by Gasteiger charge is -2.27. The standard InChI is InChI=1S/C12H14N6O3/c13-11-1-2-15-17(11)9-7-12(14-8-10(9)18(19)20)16-3-5-21-6-4-16/h1-2,7-8H,3-6,13H2. The summed E-state index contributed by atoms with van der Waals surface area (Å²) >= 11 is 0. The predicted octanol–water partition coefficient (Wildman–Crippen LogP) is 0.594. The average molecular weight is 290 g/mol. The van der Waals surface area contributed by atoms with E-state index in [1.165, 1.54) is 17.1 Å². The van der Waals surface area contributed by atoms with Gasteiger partial charge in [0.1, 0.15) is 23.5 Å². The van der Waals surface area contributed by atoms with Gasteiger partial charge in [0, 0.05) is 25.2 Å². The molecule has 2 N–H and O–H groups in total. The fourth-order valence-electron chi connectivity index (χ4n) is 2.22. The van der Waals surface area contributed by atoms with E-state index in [0.29, 0.717) is 43.6 Å². The molecule has 3 heterocycles. The quantitative estimate of drug-likeness (QED) is 0.650. The van der Waals surface area contributed by atoms with E-state index in [-0.39, 0.29) is 5.69 Å². The monoisotopic (exact) mass is 290 g/mol. The zero-order valence-corrected chi connectivity index (χ0v) is 11.2. The van der Waals surface area contributed by atoms with Gasteiger partial charge in [-0.15, -0.1) is 0 Å². The van der Waals surface area contributed by atoms with Crippen LogP contribution in [0.25, 0.3) is 5.69 Å².